The Labute approximate surface area is 225 Å². The summed E-state index contributed by atoms with van der Waals surface area (Å²) in [5, 5.41) is 0.967. The summed E-state index contributed by atoms with van der Waals surface area (Å²) in [6.07, 6.45) is 2.69. The molecule has 1 atom stereocenters. The van der Waals surface area contributed by atoms with E-state index in [2.05, 4.69) is 15.9 Å². The van der Waals surface area contributed by atoms with Gasteiger partial charge in [-0.2, -0.15) is 0 Å². The number of hydrogen-bond donors (Lipinski definition) is 0. The number of rotatable bonds is 5. The average molecular weight is 574 g/mol. The Morgan fingerprint density at radius 3 is 2.43 bits per heavy atom. The topological polar surface area (TPSA) is 63.0 Å². The molecule has 1 saturated heterocycles. The molecule has 2 heterocycles. The van der Waals surface area contributed by atoms with Gasteiger partial charge in [0.1, 0.15) is 17.0 Å². The molecule has 37 heavy (non-hydrogen) atoms. The molecule has 3 aromatic rings. The number of halogens is 2. The quantitative estimate of drug-likeness (QED) is 0.324. The van der Waals surface area contributed by atoms with E-state index in [1.54, 1.807) is 35.2 Å². The Bertz CT molecular complexity index is 1270. The fourth-order valence-electron chi connectivity index (χ4n) is 5.04. The molecule has 0 spiro atoms. The highest BCUT2D eigenvalue weighted by molar-refractivity contribution is 9.10. The van der Waals surface area contributed by atoms with Crippen molar-refractivity contribution < 1.29 is 23.1 Å². The van der Waals surface area contributed by atoms with Crippen molar-refractivity contribution in [2.24, 2.45) is 0 Å². The number of nitrogens with zero attached hydrogens (tertiary/aromatic N) is 2. The molecule has 6 nitrogen and oxygen atoms in total. The van der Waals surface area contributed by atoms with Crippen LogP contribution in [0.1, 0.15) is 64.1 Å². The van der Waals surface area contributed by atoms with Gasteiger partial charge in [0, 0.05) is 47.4 Å². The van der Waals surface area contributed by atoms with Crippen LogP contribution in [-0.4, -0.2) is 47.5 Å². The normalized spacial score (nSPS) is 16.5. The molecule has 1 unspecified atom stereocenters. The Kier molecular flexibility index (Phi) is 7.70. The van der Waals surface area contributed by atoms with Crippen molar-refractivity contribution in [3.8, 4) is 0 Å². The number of carbonyl (C=O) groups is 2. The second-order valence-corrected chi connectivity index (χ2v) is 11.9. The first-order chi connectivity index (χ1) is 17.4. The average Bonchev–Trinajstić information content (AvgIpc) is 3.30. The van der Waals surface area contributed by atoms with Gasteiger partial charge in [0.05, 0.1) is 12.3 Å². The van der Waals surface area contributed by atoms with E-state index in [0.29, 0.717) is 25.9 Å². The third-order valence-electron chi connectivity index (χ3n) is 7.29. The second kappa shape index (κ2) is 10.5. The molecule has 2 aromatic carbocycles. The number of amides is 2. The molecule has 0 N–H and O–H groups in total. The van der Waals surface area contributed by atoms with E-state index >= 15 is 0 Å². The largest absolute Gasteiger partial charge is 0.464 e. The second-order valence-electron chi connectivity index (χ2n) is 10.9. The van der Waals surface area contributed by atoms with Crippen molar-refractivity contribution in [3.63, 3.8) is 0 Å². The molecule has 8 heteroatoms. The SMILES string of the molecule is CC(c1cc(Br)cc2ccoc12)N(C)C(=O)CC1(c2ccc(F)cc2)CCN(C(=O)OC(C)(C)C)CC1. The zero-order chi connectivity index (χ0) is 27.0. The van der Waals surface area contributed by atoms with Gasteiger partial charge in [-0.3, -0.25) is 4.79 Å². The highest BCUT2D eigenvalue weighted by Crippen LogP contribution is 2.41. The predicted octanol–water partition coefficient (Wildman–Crippen LogP) is 7.21. The molecular formula is C29H34BrFN2O4. The van der Waals surface area contributed by atoms with Crippen LogP contribution in [0, 0.1) is 5.82 Å². The summed E-state index contributed by atoms with van der Waals surface area (Å²) < 4.78 is 26.0. The number of furan rings is 1. The molecule has 0 aliphatic carbocycles. The zero-order valence-corrected chi connectivity index (χ0v) is 23.6. The van der Waals surface area contributed by atoms with Gasteiger partial charge in [0.15, 0.2) is 0 Å². The van der Waals surface area contributed by atoms with Crippen LogP contribution in [0.2, 0.25) is 0 Å². The van der Waals surface area contributed by atoms with E-state index in [-0.39, 0.29) is 30.3 Å². The number of fused-ring (bicyclic) bond motifs is 1. The summed E-state index contributed by atoms with van der Waals surface area (Å²) in [5.74, 6) is -0.346. The maximum absolute atomic E-state index is 13.8. The Balaban J connectivity index is 1.56. The summed E-state index contributed by atoms with van der Waals surface area (Å²) in [5.41, 5.74) is 1.48. The van der Waals surface area contributed by atoms with Gasteiger partial charge >= 0.3 is 6.09 Å². The summed E-state index contributed by atoms with van der Waals surface area (Å²) in [6, 6.07) is 12.0. The zero-order valence-electron chi connectivity index (χ0n) is 22.0. The van der Waals surface area contributed by atoms with Crippen LogP contribution >= 0.6 is 15.9 Å². The molecule has 0 saturated carbocycles. The standard InChI is InChI=1S/C29H34BrFN2O4/c1-19(24-17-22(30)16-20-10-15-36-26(20)24)32(5)25(34)18-29(21-6-8-23(31)9-7-21)11-13-33(14-12-29)27(35)37-28(2,3)4/h6-10,15-17,19H,11-14,18H2,1-5H3. The van der Waals surface area contributed by atoms with Gasteiger partial charge in [0.25, 0.3) is 0 Å². The van der Waals surface area contributed by atoms with Crippen LogP contribution < -0.4 is 0 Å². The van der Waals surface area contributed by atoms with Gasteiger partial charge in [-0.05, 0) is 76.4 Å². The van der Waals surface area contributed by atoms with Gasteiger partial charge in [-0.25, -0.2) is 9.18 Å². The number of ether oxygens (including phenoxy) is 1. The van der Waals surface area contributed by atoms with E-state index in [1.165, 1.54) is 12.1 Å². The third-order valence-corrected chi connectivity index (χ3v) is 7.75. The van der Waals surface area contributed by atoms with Crippen molar-refractivity contribution in [2.75, 3.05) is 20.1 Å². The molecule has 4 rings (SSSR count). The summed E-state index contributed by atoms with van der Waals surface area (Å²) in [4.78, 5) is 29.8. The maximum Gasteiger partial charge on any atom is 0.410 e. The van der Waals surface area contributed by atoms with Crippen LogP contribution in [0.3, 0.4) is 0 Å². The minimum absolute atomic E-state index is 0.0257. The van der Waals surface area contributed by atoms with Gasteiger partial charge in [-0.1, -0.05) is 28.1 Å². The number of hydrogen-bond acceptors (Lipinski definition) is 4. The lowest BCUT2D eigenvalue weighted by molar-refractivity contribution is -0.133. The van der Waals surface area contributed by atoms with Gasteiger partial charge < -0.3 is 19.0 Å². The van der Waals surface area contributed by atoms with Gasteiger partial charge in [-0.15, -0.1) is 0 Å². The first-order valence-corrected chi connectivity index (χ1v) is 13.3. The molecule has 1 aliphatic heterocycles. The summed E-state index contributed by atoms with van der Waals surface area (Å²) in [6.45, 7) is 8.42. The first-order valence-electron chi connectivity index (χ1n) is 12.5. The van der Waals surface area contributed by atoms with Gasteiger partial charge in [0.2, 0.25) is 5.91 Å². The minimum Gasteiger partial charge on any atom is -0.464 e. The van der Waals surface area contributed by atoms with E-state index in [1.807, 2.05) is 45.9 Å². The van der Waals surface area contributed by atoms with Crippen molar-refractivity contribution in [1.29, 1.82) is 0 Å². The molecule has 1 fully saturated rings. The Morgan fingerprint density at radius 2 is 1.81 bits per heavy atom. The molecule has 0 bridgehead atoms. The first kappa shape index (κ1) is 27.2. The Hall–Kier alpha value is -2.87. The van der Waals surface area contributed by atoms with Crippen molar-refractivity contribution in [3.05, 3.63) is 70.1 Å². The highest BCUT2D eigenvalue weighted by Gasteiger charge is 2.41. The number of benzene rings is 2. The monoisotopic (exact) mass is 572 g/mol. The maximum atomic E-state index is 13.8. The van der Waals surface area contributed by atoms with Crippen LogP contribution in [0.25, 0.3) is 11.0 Å². The summed E-state index contributed by atoms with van der Waals surface area (Å²) >= 11 is 3.56. The van der Waals surface area contributed by atoms with Crippen LogP contribution in [0.4, 0.5) is 9.18 Å². The molecule has 2 amide bonds. The summed E-state index contributed by atoms with van der Waals surface area (Å²) in [7, 11) is 1.80. The van der Waals surface area contributed by atoms with Crippen LogP contribution in [-0.2, 0) is 14.9 Å². The molecule has 0 radical (unpaired) electrons. The predicted molar refractivity (Wildman–Crippen MR) is 145 cm³/mol. The van der Waals surface area contributed by atoms with E-state index in [9.17, 15) is 14.0 Å². The number of carbonyl (C=O) groups excluding carboxylic acids is 2. The fraction of sp³-hybridized carbons (Fsp3) is 0.448. The van der Waals surface area contributed by atoms with Crippen molar-refractivity contribution >= 4 is 38.9 Å². The number of piperidine rings is 1. The fourth-order valence-corrected chi connectivity index (χ4v) is 5.53. The van der Waals surface area contributed by atoms with E-state index < -0.39 is 11.0 Å². The third kappa shape index (κ3) is 6.00. The Morgan fingerprint density at radius 1 is 1.16 bits per heavy atom. The molecular weight excluding hydrogens is 539 g/mol. The molecule has 1 aromatic heterocycles. The van der Waals surface area contributed by atoms with E-state index in [0.717, 1.165) is 26.6 Å². The lowest BCUT2D eigenvalue weighted by Crippen LogP contribution is -2.48. The lowest BCUT2D eigenvalue weighted by atomic mass is 9.70. The van der Waals surface area contributed by atoms with Crippen LogP contribution in [0.15, 0.2) is 57.6 Å². The molecule has 198 valence electrons. The highest BCUT2D eigenvalue weighted by atomic mass is 79.9. The van der Waals surface area contributed by atoms with E-state index in [4.69, 9.17) is 9.15 Å². The molecule has 1 aliphatic rings. The smallest absolute Gasteiger partial charge is 0.410 e. The van der Waals surface area contributed by atoms with Crippen LogP contribution in [0.5, 0.6) is 0 Å². The van der Waals surface area contributed by atoms with Crippen molar-refractivity contribution in [2.45, 2.75) is 64.0 Å². The lowest BCUT2D eigenvalue weighted by Gasteiger charge is -2.43. The minimum atomic E-state index is -0.580. The number of likely N-dealkylation sites (tertiary alicyclic amines) is 1. The van der Waals surface area contributed by atoms with Crippen molar-refractivity contribution in [1.82, 2.24) is 9.80 Å².